The number of unbranched alkanes of at least 4 members (excludes halogenated alkanes) is 2. The van der Waals surface area contributed by atoms with Crippen LogP contribution in [0.4, 0.5) is 45.5 Å². The van der Waals surface area contributed by atoms with Crippen LogP contribution in [0.15, 0.2) is 218 Å². The van der Waals surface area contributed by atoms with E-state index in [-0.39, 0.29) is 6.85 Å². The molecule has 0 N–H and O–H groups in total. The highest BCUT2D eigenvalue weighted by Crippen LogP contribution is 2.50. The minimum atomic E-state index is -0.0879. The first-order valence-corrected chi connectivity index (χ1v) is 22.9. The molecule has 0 amide bonds. The Morgan fingerprint density at radius 3 is 1.69 bits per heavy atom. The fourth-order valence-corrected chi connectivity index (χ4v) is 10.1. The fraction of sp³-hybridized carbons (Fsp3) is 0.100. The van der Waals surface area contributed by atoms with Gasteiger partial charge in [0.2, 0.25) is 0 Å². The van der Waals surface area contributed by atoms with E-state index in [0.717, 1.165) is 35.6 Å². The number of aryl methyl sites for hydroxylation is 2. The average Bonchev–Trinajstić information content (AvgIpc) is 3.36. The summed E-state index contributed by atoms with van der Waals surface area (Å²) in [6, 6.07) is 80.6. The van der Waals surface area contributed by atoms with Crippen molar-refractivity contribution >= 4 is 63.3 Å². The van der Waals surface area contributed by atoms with Gasteiger partial charge in [-0.25, -0.2) is 0 Å². The van der Waals surface area contributed by atoms with E-state index in [1.165, 1.54) is 91.0 Å². The fourth-order valence-electron chi connectivity index (χ4n) is 10.1. The van der Waals surface area contributed by atoms with Gasteiger partial charge in [0.25, 0.3) is 0 Å². The molecule has 0 unspecified atom stereocenters. The quantitative estimate of drug-likeness (QED) is 0.0950. The van der Waals surface area contributed by atoms with Crippen LogP contribution in [0.3, 0.4) is 0 Å². The van der Waals surface area contributed by atoms with Gasteiger partial charge in [0.05, 0.1) is 0 Å². The summed E-state index contributed by atoms with van der Waals surface area (Å²) in [4.78, 5) is 7.60. The van der Waals surface area contributed by atoms with Crippen LogP contribution in [0.2, 0.25) is 0 Å². The summed E-state index contributed by atoms with van der Waals surface area (Å²) < 4.78 is 0. The Morgan fingerprint density at radius 2 is 1.03 bits per heavy atom. The van der Waals surface area contributed by atoms with Crippen molar-refractivity contribution in [1.29, 1.82) is 0 Å². The van der Waals surface area contributed by atoms with Crippen molar-refractivity contribution in [2.24, 2.45) is 0 Å². The van der Waals surface area contributed by atoms with E-state index in [0.29, 0.717) is 0 Å². The van der Waals surface area contributed by atoms with Crippen LogP contribution in [0.25, 0.3) is 33.4 Å². The molecule has 3 nitrogen and oxygen atoms in total. The number of hydrogen-bond donors (Lipinski definition) is 0. The van der Waals surface area contributed by atoms with Crippen LogP contribution in [-0.2, 0) is 6.42 Å². The molecule has 9 aromatic carbocycles. The Morgan fingerprint density at radius 1 is 0.438 bits per heavy atom. The van der Waals surface area contributed by atoms with Crippen LogP contribution in [-0.4, -0.2) is 6.85 Å². The van der Waals surface area contributed by atoms with Crippen LogP contribution < -0.4 is 25.5 Å². The first kappa shape index (κ1) is 39.3. The Balaban J connectivity index is 1.20. The topological polar surface area (TPSA) is 9.72 Å². The molecule has 2 heterocycles. The molecule has 0 aliphatic carbocycles. The lowest BCUT2D eigenvalue weighted by molar-refractivity contribution is 0.717. The smallest absolute Gasteiger partial charge is 0.333 e. The van der Waals surface area contributed by atoms with E-state index < -0.39 is 0 Å². The van der Waals surface area contributed by atoms with Crippen molar-refractivity contribution in [1.82, 2.24) is 0 Å². The minimum Gasteiger partial charge on any atom is -0.376 e. The second-order valence-electron chi connectivity index (χ2n) is 17.2. The number of anilines is 8. The highest BCUT2D eigenvalue weighted by Gasteiger charge is 2.45. The zero-order valence-corrected chi connectivity index (χ0v) is 36.5. The Kier molecular flexibility index (Phi) is 10.4. The molecule has 4 heteroatoms. The second-order valence-corrected chi connectivity index (χ2v) is 17.2. The highest BCUT2D eigenvalue weighted by atomic mass is 15.2. The van der Waals surface area contributed by atoms with Crippen molar-refractivity contribution < 1.29 is 0 Å². The van der Waals surface area contributed by atoms with Gasteiger partial charge in [-0.05, 0) is 142 Å². The summed E-state index contributed by atoms with van der Waals surface area (Å²) in [5.74, 6) is 0. The van der Waals surface area contributed by atoms with Crippen LogP contribution in [0.1, 0.15) is 37.3 Å². The third-order valence-electron chi connectivity index (χ3n) is 13.2. The maximum Gasteiger partial charge on any atom is 0.333 e. The van der Waals surface area contributed by atoms with Crippen molar-refractivity contribution in [3.05, 3.63) is 230 Å². The number of para-hydroxylation sites is 3. The Labute approximate surface area is 378 Å². The number of fused-ring (bicyclic) bond motifs is 4. The molecule has 0 fully saturated rings. The summed E-state index contributed by atoms with van der Waals surface area (Å²) >= 11 is 0. The number of nitrogens with zero attached hydrogens (tertiary/aromatic N) is 3. The molecule has 308 valence electrons. The molecule has 0 aromatic heterocycles. The first-order chi connectivity index (χ1) is 31.6. The van der Waals surface area contributed by atoms with Crippen LogP contribution in [0.5, 0.6) is 0 Å². The summed E-state index contributed by atoms with van der Waals surface area (Å²) in [5, 5.41) is 0. The maximum absolute atomic E-state index is 2.63. The zero-order valence-electron chi connectivity index (χ0n) is 36.5. The molecule has 0 radical (unpaired) electrons. The van der Waals surface area contributed by atoms with Gasteiger partial charge in [-0.3, -0.25) is 0 Å². The van der Waals surface area contributed by atoms with E-state index >= 15 is 0 Å². The summed E-state index contributed by atoms with van der Waals surface area (Å²) in [5.41, 5.74) is 22.1. The Hall–Kier alpha value is -7.56. The molecule has 64 heavy (non-hydrogen) atoms. The summed E-state index contributed by atoms with van der Waals surface area (Å²) in [6.45, 7) is 4.46. The largest absolute Gasteiger partial charge is 0.376 e. The second kappa shape index (κ2) is 17.0. The lowest BCUT2D eigenvalue weighted by Gasteiger charge is -2.46. The van der Waals surface area contributed by atoms with Gasteiger partial charge in [0.1, 0.15) is 0 Å². The van der Waals surface area contributed by atoms with Gasteiger partial charge in [-0.2, -0.15) is 0 Å². The number of hydrogen-bond acceptors (Lipinski definition) is 3. The van der Waals surface area contributed by atoms with E-state index in [9.17, 15) is 0 Å². The molecule has 0 atom stereocenters. The van der Waals surface area contributed by atoms with Crippen LogP contribution in [0, 0.1) is 6.92 Å². The monoisotopic (exact) mass is 823 g/mol. The highest BCUT2D eigenvalue weighted by molar-refractivity contribution is 6.93. The van der Waals surface area contributed by atoms with Crippen molar-refractivity contribution in [3.8, 4) is 33.4 Å². The lowest BCUT2D eigenvalue weighted by atomic mass is 9.43. The van der Waals surface area contributed by atoms with Gasteiger partial charge in [-0.15, -0.1) is 0 Å². The van der Waals surface area contributed by atoms with Crippen molar-refractivity contribution in [3.63, 3.8) is 0 Å². The lowest BCUT2D eigenvalue weighted by Crippen LogP contribution is -2.61. The van der Waals surface area contributed by atoms with Crippen LogP contribution >= 0.6 is 0 Å². The number of benzene rings is 9. The number of rotatable bonds is 11. The molecular weight excluding hydrogens is 773 g/mol. The van der Waals surface area contributed by atoms with E-state index in [1.807, 2.05) is 0 Å². The predicted molar refractivity (Wildman–Crippen MR) is 274 cm³/mol. The molecule has 9 aromatic rings. The SMILES string of the molecule is CCCCCc1cc2c3c(c1)N(c1ccccc1C)c1cc(-c4ccccc4)ccc1B3N(c1ccc(-c3ccccc3)cc1)c1ccc(N(c3ccccc3)c3ccccc3)cc1-2. The Bertz CT molecular complexity index is 3040. The summed E-state index contributed by atoms with van der Waals surface area (Å²) in [6.07, 6.45) is 4.57. The van der Waals surface area contributed by atoms with Crippen molar-refractivity contribution in [2.45, 2.75) is 39.5 Å². The van der Waals surface area contributed by atoms with E-state index in [4.69, 9.17) is 0 Å². The molecule has 2 aliphatic heterocycles. The van der Waals surface area contributed by atoms with Crippen molar-refractivity contribution in [2.75, 3.05) is 14.6 Å². The van der Waals surface area contributed by atoms with Gasteiger partial charge in [0, 0.05) is 51.1 Å². The molecule has 11 rings (SSSR count). The van der Waals surface area contributed by atoms with Gasteiger partial charge < -0.3 is 14.6 Å². The van der Waals surface area contributed by atoms with Gasteiger partial charge in [0.15, 0.2) is 0 Å². The average molecular weight is 824 g/mol. The predicted octanol–water partition coefficient (Wildman–Crippen LogP) is 15.2. The van der Waals surface area contributed by atoms with Gasteiger partial charge >= 0.3 is 6.85 Å². The normalized spacial score (nSPS) is 12.4. The van der Waals surface area contributed by atoms with E-state index in [2.05, 4.69) is 247 Å². The molecule has 0 bridgehead atoms. The third-order valence-corrected chi connectivity index (χ3v) is 13.2. The zero-order chi connectivity index (χ0) is 43.0. The first-order valence-electron chi connectivity index (χ1n) is 22.9. The van der Waals surface area contributed by atoms with E-state index in [1.54, 1.807) is 0 Å². The molecule has 0 saturated heterocycles. The van der Waals surface area contributed by atoms with Gasteiger partial charge in [-0.1, -0.05) is 165 Å². The third kappa shape index (κ3) is 7.06. The standard InChI is InChI=1S/C60H50BN3/c1-3-4-9-21-44-39-54-53-42-52(62(49-26-14-7-15-27-49)50-28-16-8-17-29-50)36-38-57(53)64(51-34-31-47(32-35-51)45-22-10-5-11-23-45)61-55-37-33-48(46-24-12-6-13-25-46)41-58(55)63(59(40-44)60(54)61)56-30-19-18-20-43(56)2/h5-8,10-20,22-42H,3-4,9,21H2,1-2H3. The minimum absolute atomic E-state index is 0.0879. The molecular formula is C60H50BN3. The molecule has 0 saturated carbocycles. The summed E-state index contributed by atoms with van der Waals surface area (Å²) in [7, 11) is 0. The maximum atomic E-state index is 2.63. The molecule has 2 aliphatic rings. The molecule has 0 spiro atoms.